The van der Waals surface area contributed by atoms with Gasteiger partial charge in [0.05, 0.1) is 28.7 Å². The van der Waals surface area contributed by atoms with Crippen molar-refractivity contribution in [3.8, 4) is 0 Å². The Bertz CT molecular complexity index is 1640. The number of pyridine rings is 2. The molecular formula is C29H20N4. The summed E-state index contributed by atoms with van der Waals surface area (Å²) in [6, 6.07) is 30.3. The number of hydrogen-bond donors (Lipinski definition) is 0. The third-order valence-electron chi connectivity index (χ3n) is 7.26. The summed E-state index contributed by atoms with van der Waals surface area (Å²) in [6.07, 6.45) is 0. The molecule has 0 saturated heterocycles. The van der Waals surface area contributed by atoms with E-state index in [0.717, 1.165) is 41.8 Å². The second-order valence-electron chi connectivity index (χ2n) is 9.17. The van der Waals surface area contributed by atoms with Gasteiger partial charge in [0.2, 0.25) is 0 Å². The van der Waals surface area contributed by atoms with Crippen LogP contribution in [0.4, 0.5) is 11.4 Å². The Labute approximate surface area is 190 Å². The second kappa shape index (κ2) is 6.20. The van der Waals surface area contributed by atoms with Gasteiger partial charge in [0.25, 0.3) is 0 Å². The Morgan fingerprint density at radius 1 is 0.515 bits per heavy atom. The lowest BCUT2D eigenvalue weighted by Crippen LogP contribution is -2.46. The summed E-state index contributed by atoms with van der Waals surface area (Å²) < 4.78 is 0. The highest BCUT2D eigenvalue weighted by molar-refractivity contribution is 5.99. The van der Waals surface area contributed by atoms with Crippen LogP contribution in [-0.4, -0.2) is 16.6 Å². The molecule has 0 spiro atoms. The zero-order valence-electron chi connectivity index (χ0n) is 18.0. The third kappa shape index (κ3) is 2.40. The average molecular weight is 425 g/mol. The lowest BCUT2D eigenvalue weighted by molar-refractivity contribution is 0.655. The van der Waals surface area contributed by atoms with E-state index >= 15 is 0 Å². The zero-order chi connectivity index (χ0) is 21.5. The van der Waals surface area contributed by atoms with Crippen molar-refractivity contribution in [1.29, 1.82) is 0 Å². The fourth-order valence-electron chi connectivity index (χ4n) is 5.70. The Morgan fingerprint density at radius 2 is 1.00 bits per heavy atom. The number of rotatable bonds is 0. The molecule has 2 aliphatic rings. The van der Waals surface area contributed by atoms with Gasteiger partial charge in [0.15, 0.2) is 0 Å². The van der Waals surface area contributed by atoms with Gasteiger partial charge in [-0.15, -0.1) is 0 Å². The first-order valence-electron chi connectivity index (χ1n) is 11.4. The lowest BCUT2D eigenvalue weighted by atomic mass is 9.96. The lowest BCUT2D eigenvalue weighted by Gasteiger charge is -2.45. The van der Waals surface area contributed by atoms with Crippen molar-refractivity contribution in [1.82, 2.24) is 9.97 Å². The summed E-state index contributed by atoms with van der Waals surface area (Å²) in [5.41, 5.74) is 9.59. The molecule has 0 saturated carbocycles. The fraction of sp³-hybridized carbons (Fsp3) is 0.103. The molecule has 6 aromatic rings. The molecule has 4 nitrogen and oxygen atoms in total. The largest absolute Gasteiger partial charge is 0.349 e. The average Bonchev–Trinajstić information content (AvgIpc) is 2.86. The number of anilines is 2. The maximum atomic E-state index is 5.09. The summed E-state index contributed by atoms with van der Waals surface area (Å²) in [7, 11) is 0. The minimum atomic E-state index is 0.862. The molecule has 33 heavy (non-hydrogen) atoms. The van der Waals surface area contributed by atoms with Crippen LogP contribution in [0.15, 0.2) is 84.9 Å². The van der Waals surface area contributed by atoms with Crippen molar-refractivity contribution >= 4 is 55.0 Å². The van der Waals surface area contributed by atoms with Crippen molar-refractivity contribution in [2.24, 2.45) is 0 Å². The quantitative estimate of drug-likeness (QED) is 0.265. The van der Waals surface area contributed by atoms with E-state index in [2.05, 4.69) is 94.7 Å². The molecule has 2 aromatic heterocycles. The topological polar surface area (TPSA) is 32.3 Å². The summed E-state index contributed by atoms with van der Waals surface area (Å²) in [4.78, 5) is 15.1. The van der Waals surface area contributed by atoms with Crippen molar-refractivity contribution in [2.45, 2.75) is 13.1 Å². The van der Waals surface area contributed by atoms with Gasteiger partial charge >= 0.3 is 0 Å². The van der Waals surface area contributed by atoms with Crippen LogP contribution in [0.5, 0.6) is 0 Å². The normalized spacial score (nSPS) is 14.8. The van der Waals surface area contributed by atoms with Crippen LogP contribution in [0.3, 0.4) is 0 Å². The summed E-state index contributed by atoms with van der Waals surface area (Å²) >= 11 is 0. The molecule has 4 aromatic carbocycles. The van der Waals surface area contributed by atoms with E-state index in [1.807, 2.05) is 0 Å². The Kier molecular flexibility index (Phi) is 3.27. The summed E-state index contributed by atoms with van der Waals surface area (Å²) in [5, 5.41) is 4.80. The summed E-state index contributed by atoms with van der Waals surface area (Å²) in [5.74, 6) is 0. The molecule has 8 rings (SSSR count). The molecule has 156 valence electrons. The van der Waals surface area contributed by atoms with Gasteiger partial charge in [-0.3, -0.25) is 0 Å². The van der Waals surface area contributed by atoms with Gasteiger partial charge in [-0.2, -0.15) is 0 Å². The van der Waals surface area contributed by atoms with Crippen LogP contribution in [-0.2, 0) is 13.1 Å². The second-order valence-corrected chi connectivity index (χ2v) is 9.17. The van der Waals surface area contributed by atoms with E-state index in [4.69, 9.17) is 9.97 Å². The first-order chi connectivity index (χ1) is 16.3. The van der Waals surface area contributed by atoms with E-state index in [1.165, 1.54) is 44.0 Å². The van der Waals surface area contributed by atoms with Gasteiger partial charge in [-0.25, -0.2) is 9.97 Å². The number of para-hydroxylation sites is 2. The molecule has 0 aliphatic carbocycles. The van der Waals surface area contributed by atoms with Crippen molar-refractivity contribution in [3.05, 3.63) is 96.1 Å². The molecule has 2 aliphatic heterocycles. The predicted molar refractivity (Wildman–Crippen MR) is 136 cm³/mol. The van der Waals surface area contributed by atoms with Gasteiger partial charge in [0, 0.05) is 57.1 Å². The van der Waals surface area contributed by atoms with Crippen LogP contribution in [0.25, 0.3) is 43.6 Å². The van der Waals surface area contributed by atoms with Crippen LogP contribution in [0.1, 0.15) is 11.1 Å². The molecule has 0 fully saturated rings. The maximum Gasteiger partial charge on any atom is 0.0910 e. The minimum absolute atomic E-state index is 0.862. The van der Waals surface area contributed by atoms with Gasteiger partial charge in [-0.05, 0) is 36.4 Å². The van der Waals surface area contributed by atoms with Crippen molar-refractivity contribution < 1.29 is 0 Å². The highest BCUT2D eigenvalue weighted by atomic mass is 15.4. The van der Waals surface area contributed by atoms with Gasteiger partial charge in [-0.1, -0.05) is 48.5 Å². The van der Waals surface area contributed by atoms with Crippen molar-refractivity contribution in [3.63, 3.8) is 0 Å². The fourth-order valence-corrected chi connectivity index (χ4v) is 5.70. The summed E-state index contributed by atoms with van der Waals surface area (Å²) in [6.45, 7) is 2.62. The number of benzene rings is 4. The molecule has 2 bridgehead atoms. The molecule has 0 N–H and O–H groups in total. The monoisotopic (exact) mass is 424 g/mol. The van der Waals surface area contributed by atoms with E-state index in [1.54, 1.807) is 0 Å². The number of hydrogen-bond acceptors (Lipinski definition) is 4. The Balaban J connectivity index is 1.33. The van der Waals surface area contributed by atoms with Gasteiger partial charge < -0.3 is 9.80 Å². The standard InChI is InChI=1S/C29H20N4/c1-3-7-24-18(5-1)13-20-9-11-26-22(28(20)30-24)15-32-17-33(26)16-23-27(32)12-10-21-14-19-6-2-4-8-25(19)31-29(21)23/h1-14H,15-17H2. The molecule has 0 radical (unpaired) electrons. The van der Waals surface area contributed by atoms with Gasteiger partial charge in [0.1, 0.15) is 0 Å². The first kappa shape index (κ1) is 17.4. The third-order valence-corrected chi connectivity index (χ3v) is 7.26. The zero-order valence-corrected chi connectivity index (χ0v) is 18.0. The Hall–Kier alpha value is -4.18. The number of aromatic nitrogens is 2. The van der Waals surface area contributed by atoms with Crippen LogP contribution in [0, 0.1) is 0 Å². The van der Waals surface area contributed by atoms with E-state index in [0.29, 0.717) is 0 Å². The molecule has 4 heterocycles. The highest BCUT2D eigenvalue weighted by Crippen LogP contribution is 2.42. The van der Waals surface area contributed by atoms with E-state index < -0.39 is 0 Å². The first-order valence-corrected chi connectivity index (χ1v) is 11.4. The number of fused-ring (bicyclic) bond motifs is 12. The van der Waals surface area contributed by atoms with Crippen LogP contribution < -0.4 is 9.80 Å². The smallest absolute Gasteiger partial charge is 0.0910 e. The molecule has 0 unspecified atom stereocenters. The maximum absolute atomic E-state index is 5.09. The van der Waals surface area contributed by atoms with Crippen LogP contribution in [0.2, 0.25) is 0 Å². The van der Waals surface area contributed by atoms with Crippen LogP contribution >= 0.6 is 0 Å². The van der Waals surface area contributed by atoms with Crippen molar-refractivity contribution in [2.75, 3.05) is 16.5 Å². The Morgan fingerprint density at radius 3 is 1.52 bits per heavy atom. The highest BCUT2D eigenvalue weighted by Gasteiger charge is 2.32. The molecular weight excluding hydrogens is 404 g/mol. The predicted octanol–water partition coefficient (Wildman–Crippen LogP) is 6.39. The molecule has 0 amide bonds. The number of nitrogens with zero attached hydrogens (tertiary/aromatic N) is 4. The van der Waals surface area contributed by atoms with E-state index in [-0.39, 0.29) is 0 Å². The van der Waals surface area contributed by atoms with E-state index in [9.17, 15) is 0 Å². The minimum Gasteiger partial charge on any atom is -0.349 e. The SMILES string of the molecule is c1ccc2nc3c4c(ccc3cc2c1)N1Cc2c(ccc3cc5ccccc5nc23)N(C4)C1. The molecule has 0 atom stereocenters. The molecule has 4 heteroatoms.